The Balaban J connectivity index is 1.88. The first-order chi connectivity index (χ1) is 11.3. The number of hydrogen-bond acceptors (Lipinski definition) is 4. The fourth-order valence-electron chi connectivity index (χ4n) is 2.05. The maximum absolute atomic E-state index is 12.0. The molecule has 0 saturated carbocycles. The van der Waals surface area contributed by atoms with E-state index >= 15 is 0 Å². The maximum atomic E-state index is 12.0. The van der Waals surface area contributed by atoms with Gasteiger partial charge in [0.25, 0.3) is 0 Å². The minimum Gasteiger partial charge on any atom is -0.505 e. The van der Waals surface area contributed by atoms with Gasteiger partial charge in [0.2, 0.25) is 5.91 Å². The van der Waals surface area contributed by atoms with Gasteiger partial charge in [-0.1, -0.05) is 17.7 Å². The Kier molecular flexibility index (Phi) is 6.48. The molecule has 126 valence electrons. The average Bonchev–Trinajstić information content (AvgIpc) is 2.51. The van der Waals surface area contributed by atoms with Crippen molar-refractivity contribution in [3.05, 3.63) is 52.5 Å². The molecule has 0 aromatic heterocycles. The number of rotatable bonds is 4. The predicted octanol–water partition coefficient (Wildman–Crippen LogP) is 4.27. The molecule has 2 aromatic rings. The van der Waals surface area contributed by atoms with Gasteiger partial charge in [0.05, 0.1) is 11.4 Å². The van der Waals surface area contributed by atoms with Crippen LogP contribution in [0.25, 0.3) is 0 Å². The third kappa shape index (κ3) is 5.40. The number of aryl methyl sites for hydroxylation is 2. The molecular formula is C17H17ClN2O2S2. The highest BCUT2D eigenvalue weighted by Gasteiger charge is 2.10. The topological polar surface area (TPSA) is 61.4 Å². The largest absolute Gasteiger partial charge is 0.505 e. The summed E-state index contributed by atoms with van der Waals surface area (Å²) in [5.74, 6) is 0.117. The van der Waals surface area contributed by atoms with Crippen molar-refractivity contribution in [3.63, 3.8) is 0 Å². The number of anilines is 1. The molecule has 0 saturated heterocycles. The zero-order valence-electron chi connectivity index (χ0n) is 13.2. The highest BCUT2D eigenvalue weighted by atomic mass is 35.5. The van der Waals surface area contributed by atoms with Gasteiger partial charge in [0, 0.05) is 9.92 Å². The smallest absolute Gasteiger partial charge is 0.236 e. The van der Waals surface area contributed by atoms with Crippen molar-refractivity contribution in [1.82, 2.24) is 5.32 Å². The van der Waals surface area contributed by atoms with E-state index in [1.165, 1.54) is 11.8 Å². The summed E-state index contributed by atoms with van der Waals surface area (Å²) in [5.41, 5.74) is 2.20. The summed E-state index contributed by atoms with van der Waals surface area (Å²) in [6.07, 6.45) is 0. The van der Waals surface area contributed by atoms with Crippen LogP contribution in [-0.4, -0.2) is 21.9 Å². The Labute approximate surface area is 155 Å². The van der Waals surface area contributed by atoms with Gasteiger partial charge in [-0.2, -0.15) is 0 Å². The molecule has 0 atom stereocenters. The number of benzene rings is 2. The Morgan fingerprint density at radius 2 is 1.92 bits per heavy atom. The summed E-state index contributed by atoms with van der Waals surface area (Å²) in [5, 5.41) is 16.3. The first kappa shape index (κ1) is 18.6. The van der Waals surface area contributed by atoms with Crippen molar-refractivity contribution in [3.8, 4) is 5.75 Å². The van der Waals surface area contributed by atoms with Gasteiger partial charge in [-0.25, -0.2) is 0 Å². The van der Waals surface area contributed by atoms with E-state index < -0.39 is 0 Å². The number of nitrogens with one attached hydrogen (secondary N) is 2. The second kappa shape index (κ2) is 8.37. The lowest BCUT2D eigenvalue weighted by atomic mass is 10.1. The maximum Gasteiger partial charge on any atom is 0.236 e. The van der Waals surface area contributed by atoms with E-state index in [9.17, 15) is 9.90 Å². The van der Waals surface area contributed by atoms with E-state index in [0.717, 1.165) is 16.0 Å². The third-order valence-electron chi connectivity index (χ3n) is 3.13. The average molecular weight is 381 g/mol. The van der Waals surface area contributed by atoms with Crippen molar-refractivity contribution in [2.24, 2.45) is 0 Å². The summed E-state index contributed by atoms with van der Waals surface area (Å²) >= 11 is 12.3. The molecule has 0 unspecified atom stereocenters. The number of hydrogen-bond donors (Lipinski definition) is 3. The van der Waals surface area contributed by atoms with Gasteiger partial charge >= 0.3 is 0 Å². The normalized spacial score (nSPS) is 10.3. The molecule has 0 fully saturated rings. The SMILES string of the molecule is Cc1cc(C)c(O)c(NC(=S)NC(=O)CSc2ccc(Cl)cc2)c1. The molecule has 24 heavy (non-hydrogen) atoms. The molecule has 0 spiro atoms. The Hall–Kier alpha value is -1.76. The monoisotopic (exact) mass is 380 g/mol. The first-order valence-corrected chi connectivity index (χ1v) is 8.92. The number of aromatic hydroxyl groups is 1. The Morgan fingerprint density at radius 3 is 2.58 bits per heavy atom. The van der Waals surface area contributed by atoms with E-state index in [4.69, 9.17) is 23.8 Å². The van der Waals surface area contributed by atoms with E-state index in [-0.39, 0.29) is 22.5 Å². The number of amides is 1. The molecular weight excluding hydrogens is 364 g/mol. The Bertz CT molecular complexity index is 764. The zero-order valence-corrected chi connectivity index (χ0v) is 15.6. The van der Waals surface area contributed by atoms with Gasteiger partial charge in [-0.15, -0.1) is 11.8 Å². The molecule has 0 radical (unpaired) electrons. The van der Waals surface area contributed by atoms with Crippen molar-refractivity contribution in [2.45, 2.75) is 18.7 Å². The van der Waals surface area contributed by atoms with Gasteiger partial charge in [-0.3, -0.25) is 4.79 Å². The summed E-state index contributed by atoms with van der Waals surface area (Å²) in [6, 6.07) is 10.9. The summed E-state index contributed by atoms with van der Waals surface area (Å²) in [6.45, 7) is 3.72. The predicted molar refractivity (Wildman–Crippen MR) is 104 cm³/mol. The lowest BCUT2D eigenvalue weighted by Gasteiger charge is -2.13. The van der Waals surface area contributed by atoms with Crippen molar-refractivity contribution in [1.29, 1.82) is 0 Å². The lowest BCUT2D eigenvalue weighted by Crippen LogP contribution is -2.35. The van der Waals surface area contributed by atoms with Crippen LogP contribution in [0.15, 0.2) is 41.3 Å². The summed E-state index contributed by atoms with van der Waals surface area (Å²) in [4.78, 5) is 12.9. The van der Waals surface area contributed by atoms with E-state index in [1.807, 2.05) is 25.1 Å². The molecule has 0 aliphatic carbocycles. The molecule has 2 aromatic carbocycles. The molecule has 0 bridgehead atoms. The van der Waals surface area contributed by atoms with Crippen LogP contribution >= 0.6 is 35.6 Å². The Morgan fingerprint density at radius 1 is 1.25 bits per heavy atom. The van der Waals surface area contributed by atoms with E-state index in [2.05, 4.69) is 10.6 Å². The van der Waals surface area contributed by atoms with Gasteiger partial charge < -0.3 is 15.7 Å². The second-order valence-corrected chi connectivity index (χ2v) is 7.12. The zero-order chi connectivity index (χ0) is 17.7. The van der Waals surface area contributed by atoms with E-state index in [0.29, 0.717) is 10.7 Å². The molecule has 2 rings (SSSR count). The van der Waals surface area contributed by atoms with Crippen LogP contribution in [-0.2, 0) is 4.79 Å². The second-order valence-electron chi connectivity index (χ2n) is 5.22. The number of phenolic OH excluding ortho intramolecular Hbond substituents is 1. The molecule has 3 N–H and O–H groups in total. The van der Waals surface area contributed by atoms with Crippen molar-refractivity contribution >= 4 is 52.3 Å². The number of carbonyl (C=O) groups excluding carboxylic acids is 1. The molecule has 0 aliphatic heterocycles. The van der Waals surface area contributed by atoms with Gasteiger partial charge in [0.15, 0.2) is 5.11 Å². The minimum absolute atomic E-state index is 0.118. The number of thiocarbonyl (C=S) groups is 1. The lowest BCUT2D eigenvalue weighted by molar-refractivity contribution is -0.117. The van der Waals surface area contributed by atoms with Crippen LogP contribution in [0.3, 0.4) is 0 Å². The van der Waals surface area contributed by atoms with Gasteiger partial charge in [-0.05, 0) is 67.5 Å². The number of thioether (sulfide) groups is 1. The number of halogens is 1. The molecule has 1 amide bonds. The summed E-state index contributed by atoms with van der Waals surface area (Å²) < 4.78 is 0. The summed E-state index contributed by atoms with van der Waals surface area (Å²) in [7, 11) is 0. The van der Waals surface area contributed by atoms with E-state index in [1.54, 1.807) is 25.1 Å². The highest BCUT2D eigenvalue weighted by molar-refractivity contribution is 8.00. The van der Waals surface area contributed by atoms with Crippen LogP contribution in [0.5, 0.6) is 5.75 Å². The van der Waals surface area contributed by atoms with Crippen molar-refractivity contribution < 1.29 is 9.90 Å². The molecule has 7 heteroatoms. The highest BCUT2D eigenvalue weighted by Crippen LogP contribution is 2.28. The van der Waals surface area contributed by atoms with Gasteiger partial charge in [0.1, 0.15) is 5.75 Å². The third-order valence-corrected chi connectivity index (χ3v) is 4.60. The quantitative estimate of drug-likeness (QED) is 0.420. The fraction of sp³-hybridized carbons (Fsp3) is 0.176. The van der Waals surface area contributed by atoms with Crippen LogP contribution in [0.4, 0.5) is 5.69 Å². The molecule has 0 aliphatic rings. The van der Waals surface area contributed by atoms with Crippen LogP contribution in [0.1, 0.15) is 11.1 Å². The van der Waals surface area contributed by atoms with Crippen LogP contribution < -0.4 is 10.6 Å². The minimum atomic E-state index is -0.226. The molecule has 0 heterocycles. The molecule has 4 nitrogen and oxygen atoms in total. The first-order valence-electron chi connectivity index (χ1n) is 7.14. The number of phenols is 1. The van der Waals surface area contributed by atoms with Crippen molar-refractivity contribution in [2.75, 3.05) is 11.1 Å². The van der Waals surface area contributed by atoms with Crippen LogP contribution in [0.2, 0.25) is 5.02 Å². The number of carbonyl (C=O) groups is 1. The fourth-order valence-corrected chi connectivity index (χ4v) is 3.10. The van der Waals surface area contributed by atoms with Crippen LogP contribution in [0, 0.1) is 13.8 Å². The standard InChI is InChI=1S/C17H17ClN2O2S2/c1-10-7-11(2)16(22)14(8-10)19-17(23)20-15(21)9-24-13-5-3-12(18)4-6-13/h3-8,22H,9H2,1-2H3,(H2,19,20,21,23).